The van der Waals surface area contributed by atoms with E-state index in [1.807, 2.05) is 0 Å². The van der Waals surface area contributed by atoms with Crippen LogP contribution in [0.25, 0.3) is 0 Å². The highest BCUT2D eigenvalue weighted by molar-refractivity contribution is 5.96. The van der Waals surface area contributed by atoms with Gasteiger partial charge in [0.05, 0.1) is 11.5 Å². The lowest BCUT2D eigenvalue weighted by Gasteiger charge is -2.70. The van der Waals surface area contributed by atoms with Crippen molar-refractivity contribution in [2.75, 3.05) is 0 Å². The molecular weight excluding hydrogens is 424 g/mol. The van der Waals surface area contributed by atoms with Crippen molar-refractivity contribution >= 4 is 11.8 Å². The zero-order chi connectivity index (χ0) is 25.1. The molecule has 0 aromatic heterocycles. The summed E-state index contributed by atoms with van der Waals surface area (Å²) in [5.74, 6) is 0.656. The van der Waals surface area contributed by atoms with Gasteiger partial charge in [0, 0.05) is 5.92 Å². The minimum atomic E-state index is -1.20. The Kier molecular flexibility index (Phi) is 5.20. The van der Waals surface area contributed by atoms with Crippen LogP contribution in [-0.4, -0.2) is 28.1 Å². The number of carbonyl (C=O) groups excluding carboxylic acids is 1. The van der Waals surface area contributed by atoms with E-state index in [1.54, 1.807) is 6.92 Å². The highest BCUT2D eigenvalue weighted by Crippen LogP contribution is 2.75. The normalized spacial score (nSPS) is 56.9. The van der Waals surface area contributed by atoms with Gasteiger partial charge in [0.2, 0.25) is 0 Å². The topological polar surface area (TPSA) is 74.6 Å². The lowest BCUT2D eigenvalue weighted by Crippen LogP contribution is -2.68. The van der Waals surface area contributed by atoms with Gasteiger partial charge in [-0.3, -0.25) is 9.59 Å². The Labute approximate surface area is 206 Å². The smallest absolute Gasteiger partial charge is 0.312 e. The molecule has 4 fully saturated rings. The summed E-state index contributed by atoms with van der Waals surface area (Å²) in [4.78, 5) is 26.7. The summed E-state index contributed by atoms with van der Waals surface area (Å²) in [5, 5.41) is 21.1. The minimum absolute atomic E-state index is 0.0370. The predicted octanol–water partition coefficient (Wildman–Crippen LogP) is 6.27. The summed E-state index contributed by atoms with van der Waals surface area (Å²) in [5.41, 5.74) is -0.124. The number of allylic oxidation sites excluding steroid dienone is 2. The fourth-order valence-corrected chi connectivity index (χ4v) is 10.7. The molecule has 4 heteroatoms. The molecule has 34 heavy (non-hydrogen) atoms. The number of ketones is 1. The molecule has 0 spiro atoms. The second kappa shape index (κ2) is 7.20. The predicted molar refractivity (Wildman–Crippen MR) is 133 cm³/mol. The van der Waals surface area contributed by atoms with E-state index in [2.05, 4.69) is 47.6 Å². The van der Waals surface area contributed by atoms with Gasteiger partial charge in [0.25, 0.3) is 0 Å². The van der Waals surface area contributed by atoms with E-state index in [1.165, 1.54) is 24.8 Å². The molecule has 0 heterocycles. The van der Waals surface area contributed by atoms with Crippen molar-refractivity contribution < 1.29 is 19.8 Å². The molecular formula is C30H46O4. The molecule has 11 atom stereocenters. The minimum Gasteiger partial charge on any atom is -0.481 e. The van der Waals surface area contributed by atoms with E-state index in [-0.39, 0.29) is 33.9 Å². The standard InChI is InChI=1S/C30H46O4/c1-17-8-11-26(3)14-15-28(5)19(23(26)18(17)2)16-20(31)24-27(4)12-10-22(32)30(7,25(33)34)21(27)9-13-29(24,28)6/h16-18,21-24,32H,8-15H2,1-7H3,(H,33,34)/t17-,18+,21-,22-,23+,24?,26-,27+,28-,29-,30-/m1/s1. The van der Waals surface area contributed by atoms with E-state index in [0.717, 1.165) is 25.7 Å². The molecule has 4 nitrogen and oxygen atoms in total. The highest BCUT2D eigenvalue weighted by Gasteiger charge is 2.71. The average Bonchev–Trinajstić information content (AvgIpc) is 2.75. The first-order chi connectivity index (χ1) is 15.7. The lowest BCUT2D eigenvalue weighted by molar-refractivity contribution is -0.215. The van der Waals surface area contributed by atoms with Crippen molar-refractivity contribution in [1.82, 2.24) is 0 Å². The second-order valence-corrected chi connectivity index (χ2v) is 14.4. The molecule has 0 amide bonds. The van der Waals surface area contributed by atoms with Gasteiger partial charge in [-0.15, -0.1) is 0 Å². The van der Waals surface area contributed by atoms with Gasteiger partial charge in [0.15, 0.2) is 5.78 Å². The monoisotopic (exact) mass is 470 g/mol. The molecule has 0 aromatic carbocycles. The third-order valence-electron chi connectivity index (χ3n) is 13.2. The first-order valence-corrected chi connectivity index (χ1v) is 13.8. The van der Waals surface area contributed by atoms with Crippen molar-refractivity contribution in [2.45, 2.75) is 106 Å². The van der Waals surface area contributed by atoms with Crippen LogP contribution in [0, 0.1) is 56.7 Å². The lowest BCUT2D eigenvalue weighted by atomic mass is 9.33. The molecule has 4 saturated carbocycles. The van der Waals surface area contributed by atoms with Crippen molar-refractivity contribution in [3.05, 3.63) is 11.6 Å². The van der Waals surface area contributed by atoms with Crippen LogP contribution in [0.4, 0.5) is 0 Å². The van der Waals surface area contributed by atoms with Crippen LogP contribution in [0.15, 0.2) is 11.6 Å². The molecule has 5 aliphatic rings. The number of aliphatic hydroxyl groups is 1. The fourth-order valence-electron chi connectivity index (χ4n) is 10.7. The van der Waals surface area contributed by atoms with Gasteiger partial charge in [-0.1, -0.05) is 47.1 Å². The van der Waals surface area contributed by atoms with Crippen LogP contribution in [0.1, 0.15) is 99.8 Å². The molecule has 0 saturated heterocycles. The van der Waals surface area contributed by atoms with E-state index >= 15 is 0 Å². The highest BCUT2D eigenvalue weighted by atomic mass is 16.4. The fraction of sp³-hybridized carbons (Fsp3) is 0.867. The van der Waals surface area contributed by atoms with Crippen molar-refractivity contribution in [1.29, 1.82) is 0 Å². The number of aliphatic carboxylic acids is 1. The molecule has 0 bridgehead atoms. The number of hydrogen-bond donors (Lipinski definition) is 2. The van der Waals surface area contributed by atoms with Crippen LogP contribution >= 0.6 is 0 Å². The van der Waals surface area contributed by atoms with E-state index in [4.69, 9.17) is 0 Å². The summed E-state index contributed by atoms with van der Waals surface area (Å²) in [6, 6.07) is 0. The molecule has 0 aliphatic heterocycles. The van der Waals surface area contributed by atoms with Crippen LogP contribution < -0.4 is 0 Å². The Balaban J connectivity index is 1.65. The average molecular weight is 471 g/mol. The van der Waals surface area contributed by atoms with Crippen LogP contribution in [0.3, 0.4) is 0 Å². The van der Waals surface area contributed by atoms with Gasteiger partial charge < -0.3 is 10.2 Å². The van der Waals surface area contributed by atoms with Gasteiger partial charge in [0.1, 0.15) is 0 Å². The number of carboxylic acids is 1. The van der Waals surface area contributed by atoms with Crippen LogP contribution in [-0.2, 0) is 9.59 Å². The number of aliphatic hydroxyl groups excluding tert-OH is 1. The SMILES string of the molecule is C[C@H]1[C@H](C)CC[C@]2(C)CC[C@]3(C)C(=CC(=O)C4[C@@]5(C)CC[C@@H](O)[C@](C)(C(=O)O)[C@@H]5CC[C@]43C)[C@H]12. The molecule has 1 unspecified atom stereocenters. The van der Waals surface area contributed by atoms with E-state index < -0.39 is 22.9 Å². The summed E-state index contributed by atoms with van der Waals surface area (Å²) >= 11 is 0. The second-order valence-electron chi connectivity index (χ2n) is 14.4. The number of fused-ring (bicyclic) bond motifs is 7. The molecule has 5 rings (SSSR count). The van der Waals surface area contributed by atoms with Crippen molar-refractivity contribution in [3.8, 4) is 0 Å². The van der Waals surface area contributed by atoms with Gasteiger partial charge in [-0.2, -0.15) is 0 Å². The Morgan fingerprint density at radius 3 is 2.26 bits per heavy atom. The summed E-state index contributed by atoms with van der Waals surface area (Å²) in [6.07, 6.45) is 8.89. The third-order valence-corrected chi connectivity index (χ3v) is 13.2. The van der Waals surface area contributed by atoms with Crippen molar-refractivity contribution in [3.63, 3.8) is 0 Å². The third kappa shape index (κ3) is 2.70. The molecule has 5 aliphatic carbocycles. The van der Waals surface area contributed by atoms with Crippen LogP contribution in [0.2, 0.25) is 0 Å². The summed E-state index contributed by atoms with van der Waals surface area (Å²) < 4.78 is 0. The number of rotatable bonds is 1. The summed E-state index contributed by atoms with van der Waals surface area (Å²) in [7, 11) is 0. The Hall–Kier alpha value is -1.16. The Morgan fingerprint density at radius 2 is 1.62 bits per heavy atom. The molecule has 0 radical (unpaired) electrons. The maximum Gasteiger partial charge on any atom is 0.312 e. The molecule has 190 valence electrons. The summed E-state index contributed by atoms with van der Waals surface area (Å²) in [6.45, 7) is 16.0. The van der Waals surface area contributed by atoms with Gasteiger partial charge in [-0.25, -0.2) is 0 Å². The van der Waals surface area contributed by atoms with E-state index in [0.29, 0.717) is 24.2 Å². The number of carbonyl (C=O) groups is 2. The number of carboxylic acid groups (broad SMARTS) is 1. The zero-order valence-electron chi connectivity index (χ0n) is 22.4. The number of hydrogen-bond acceptors (Lipinski definition) is 3. The van der Waals surface area contributed by atoms with E-state index in [9.17, 15) is 19.8 Å². The zero-order valence-corrected chi connectivity index (χ0v) is 22.4. The van der Waals surface area contributed by atoms with Crippen molar-refractivity contribution in [2.24, 2.45) is 56.7 Å². The molecule has 2 N–H and O–H groups in total. The van der Waals surface area contributed by atoms with Gasteiger partial charge in [-0.05, 0) is 110 Å². The maximum atomic E-state index is 14.2. The van der Waals surface area contributed by atoms with Gasteiger partial charge >= 0.3 is 5.97 Å². The van der Waals surface area contributed by atoms with Crippen LogP contribution in [0.5, 0.6) is 0 Å². The molecule has 0 aromatic rings. The first-order valence-electron chi connectivity index (χ1n) is 13.8. The first kappa shape index (κ1) is 24.5. The Bertz CT molecular complexity index is 953. The Morgan fingerprint density at radius 1 is 0.941 bits per heavy atom. The maximum absolute atomic E-state index is 14.2. The quantitative estimate of drug-likeness (QED) is 0.474. The largest absolute Gasteiger partial charge is 0.481 e.